The SMILES string of the molecule is CC(C)N(CCC(=O)O)C(=O)CCc1cccc(OC2CCCC2)c1. The maximum absolute atomic E-state index is 12.4. The maximum atomic E-state index is 12.4. The highest BCUT2D eigenvalue weighted by molar-refractivity contribution is 5.77. The second-order valence-corrected chi connectivity index (χ2v) is 7.00. The van der Waals surface area contributed by atoms with Gasteiger partial charge in [-0.2, -0.15) is 0 Å². The van der Waals surface area contributed by atoms with E-state index in [-0.39, 0.29) is 24.9 Å². The van der Waals surface area contributed by atoms with Crippen LogP contribution in [0.4, 0.5) is 0 Å². The number of amides is 1. The van der Waals surface area contributed by atoms with Gasteiger partial charge < -0.3 is 14.7 Å². The highest BCUT2D eigenvalue weighted by atomic mass is 16.5. The quantitative estimate of drug-likeness (QED) is 0.740. The second kappa shape index (κ2) is 9.44. The van der Waals surface area contributed by atoms with Crippen LogP contribution in [0, 0.1) is 0 Å². The summed E-state index contributed by atoms with van der Waals surface area (Å²) in [5.74, 6) is -0.00276. The lowest BCUT2D eigenvalue weighted by atomic mass is 10.1. The fourth-order valence-corrected chi connectivity index (χ4v) is 3.25. The van der Waals surface area contributed by atoms with Gasteiger partial charge in [0.1, 0.15) is 5.75 Å². The monoisotopic (exact) mass is 347 g/mol. The molecule has 1 aliphatic carbocycles. The van der Waals surface area contributed by atoms with Crippen molar-refractivity contribution in [2.45, 2.75) is 70.9 Å². The summed E-state index contributed by atoms with van der Waals surface area (Å²) in [6.45, 7) is 4.09. The topological polar surface area (TPSA) is 66.8 Å². The molecule has 1 aromatic rings. The Labute approximate surface area is 150 Å². The number of aliphatic carboxylic acids is 1. The average molecular weight is 347 g/mol. The largest absolute Gasteiger partial charge is 0.490 e. The Morgan fingerprint density at radius 3 is 2.60 bits per heavy atom. The van der Waals surface area contributed by atoms with E-state index >= 15 is 0 Å². The first-order valence-corrected chi connectivity index (χ1v) is 9.22. The number of nitrogens with zero attached hydrogens (tertiary/aromatic N) is 1. The Bertz CT molecular complexity index is 579. The van der Waals surface area contributed by atoms with Crippen molar-refractivity contribution in [1.82, 2.24) is 4.90 Å². The van der Waals surface area contributed by atoms with Gasteiger partial charge in [-0.05, 0) is 63.6 Å². The highest BCUT2D eigenvalue weighted by Gasteiger charge is 2.18. The number of benzene rings is 1. The lowest BCUT2D eigenvalue weighted by Gasteiger charge is -2.26. The van der Waals surface area contributed by atoms with Gasteiger partial charge in [0.05, 0.1) is 12.5 Å². The van der Waals surface area contributed by atoms with Crippen LogP contribution >= 0.6 is 0 Å². The van der Waals surface area contributed by atoms with Crippen LogP contribution in [-0.4, -0.2) is 40.6 Å². The van der Waals surface area contributed by atoms with Gasteiger partial charge in [0, 0.05) is 19.0 Å². The van der Waals surface area contributed by atoms with E-state index < -0.39 is 5.97 Å². The van der Waals surface area contributed by atoms with Crippen molar-refractivity contribution in [1.29, 1.82) is 0 Å². The zero-order valence-electron chi connectivity index (χ0n) is 15.2. The summed E-state index contributed by atoms with van der Waals surface area (Å²) >= 11 is 0. The molecular weight excluding hydrogens is 318 g/mol. The summed E-state index contributed by atoms with van der Waals surface area (Å²) in [5.41, 5.74) is 1.07. The number of rotatable bonds is 9. The van der Waals surface area contributed by atoms with Crippen LogP contribution in [0.3, 0.4) is 0 Å². The Kier molecular flexibility index (Phi) is 7.29. The summed E-state index contributed by atoms with van der Waals surface area (Å²) in [7, 11) is 0. The van der Waals surface area contributed by atoms with E-state index in [9.17, 15) is 9.59 Å². The van der Waals surface area contributed by atoms with Crippen LogP contribution < -0.4 is 4.74 Å². The fraction of sp³-hybridized carbons (Fsp3) is 0.600. The number of hydrogen-bond acceptors (Lipinski definition) is 3. The first-order chi connectivity index (χ1) is 12.0. The fourth-order valence-electron chi connectivity index (χ4n) is 3.25. The van der Waals surface area contributed by atoms with E-state index in [2.05, 4.69) is 0 Å². The van der Waals surface area contributed by atoms with Crippen LogP contribution in [-0.2, 0) is 16.0 Å². The second-order valence-electron chi connectivity index (χ2n) is 7.00. The van der Waals surface area contributed by atoms with E-state index in [0.717, 1.165) is 24.2 Å². The zero-order chi connectivity index (χ0) is 18.2. The lowest BCUT2D eigenvalue weighted by molar-refractivity contribution is -0.139. The van der Waals surface area contributed by atoms with Crippen molar-refractivity contribution in [2.75, 3.05) is 6.54 Å². The molecule has 5 heteroatoms. The van der Waals surface area contributed by atoms with Crippen LogP contribution in [0.25, 0.3) is 0 Å². The molecule has 1 N–H and O–H groups in total. The van der Waals surface area contributed by atoms with Crippen LogP contribution in [0.1, 0.15) is 57.9 Å². The smallest absolute Gasteiger partial charge is 0.305 e. The number of hydrogen-bond donors (Lipinski definition) is 1. The number of carbonyl (C=O) groups is 2. The summed E-state index contributed by atoms with van der Waals surface area (Å²) in [5, 5.41) is 8.83. The normalized spacial score (nSPS) is 14.7. The molecule has 0 aliphatic heterocycles. The lowest BCUT2D eigenvalue weighted by Crippen LogP contribution is -2.38. The van der Waals surface area contributed by atoms with Crippen molar-refractivity contribution in [3.05, 3.63) is 29.8 Å². The van der Waals surface area contributed by atoms with Crippen molar-refractivity contribution in [3.8, 4) is 5.75 Å². The third-order valence-corrected chi connectivity index (χ3v) is 4.64. The van der Waals surface area contributed by atoms with Crippen LogP contribution in [0.15, 0.2) is 24.3 Å². The van der Waals surface area contributed by atoms with Gasteiger partial charge >= 0.3 is 5.97 Å². The number of carbonyl (C=O) groups excluding carboxylic acids is 1. The van der Waals surface area contributed by atoms with E-state index in [1.165, 1.54) is 12.8 Å². The van der Waals surface area contributed by atoms with Gasteiger partial charge in [0.15, 0.2) is 0 Å². The zero-order valence-corrected chi connectivity index (χ0v) is 15.2. The molecule has 0 spiro atoms. The van der Waals surface area contributed by atoms with Crippen molar-refractivity contribution in [3.63, 3.8) is 0 Å². The minimum absolute atomic E-state index is 0.00151. The summed E-state index contributed by atoms with van der Waals surface area (Å²) in [4.78, 5) is 24.8. The molecule has 1 aliphatic rings. The first-order valence-electron chi connectivity index (χ1n) is 9.22. The number of carboxylic acids is 1. The van der Waals surface area contributed by atoms with Crippen molar-refractivity contribution < 1.29 is 19.4 Å². The summed E-state index contributed by atoms with van der Waals surface area (Å²) in [6, 6.07) is 7.96. The summed E-state index contributed by atoms with van der Waals surface area (Å²) < 4.78 is 6.01. The predicted octanol–water partition coefficient (Wildman–Crippen LogP) is 3.65. The average Bonchev–Trinajstić information content (AvgIpc) is 3.06. The Morgan fingerprint density at radius 2 is 1.96 bits per heavy atom. The molecule has 0 bridgehead atoms. The molecule has 0 radical (unpaired) electrons. The van der Waals surface area contributed by atoms with E-state index in [1.54, 1.807) is 4.90 Å². The van der Waals surface area contributed by atoms with Gasteiger partial charge in [-0.1, -0.05) is 12.1 Å². The maximum Gasteiger partial charge on any atom is 0.305 e. The molecule has 0 aromatic heterocycles. The predicted molar refractivity (Wildman–Crippen MR) is 96.7 cm³/mol. The van der Waals surface area contributed by atoms with Gasteiger partial charge in [-0.25, -0.2) is 0 Å². The molecule has 0 atom stereocenters. The molecule has 1 aromatic carbocycles. The molecule has 1 fully saturated rings. The minimum Gasteiger partial charge on any atom is -0.490 e. The van der Waals surface area contributed by atoms with Crippen molar-refractivity contribution >= 4 is 11.9 Å². The van der Waals surface area contributed by atoms with Crippen LogP contribution in [0.5, 0.6) is 5.75 Å². The standard InChI is InChI=1S/C20H29NO4/c1-15(2)21(13-12-20(23)24)19(22)11-10-16-6-5-9-18(14-16)25-17-7-3-4-8-17/h5-6,9,14-15,17H,3-4,7-8,10-13H2,1-2H3,(H,23,24). The van der Waals surface area contributed by atoms with E-state index in [0.29, 0.717) is 18.9 Å². The Hall–Kier alpha value is -2.04. The molecule has 2 rings (SSSR count). The van der Waals surface area contributed by atoms with E-state index in [1.807, 2.05) is 38.1 Å². The minimum atomic E-state index is -0.879. The Morgan fingerprint density at radius 1 is 1.24 bits per heavy atom. The van der Waals surface area contributed by atoms with Gasteiger partial charge in [-0.15, -0.1) is 0 Å². The Balaban J connectivity index is 1.88. The third kappa shape index (κ3) is 6.40. The molecule has 25 heavy (non-hydrogen) atoms. The molecule has 5 nitrogen and oxygen atoms in total. The number of aryl methyl sites for hydroxylation is 1. The molecule has 138 valence electrons. The van der Waals surface area contributed by atoms with Gasteiger partial charge in [-0.3, -0.25) is 9.59 Å². The van der Waals surface area contributed by atoms with Gasteiger partial charge in [0.25, 0.3) is 0 Å². The third-order valence-electron chi connectivity index (χ3n) is 4.64. The molecule has 0 unspecified atom stereocenters. The molecule has 0 heterocycles. The first kappa shape index (κ1) is 19.3. The summed E-state index contributed by atoms with van der Waals surface area (Å²) in [6.07, 6.45) is 6.03. The molecular formula is C20H29NO4. The van der Waals surface area contributed by atoms with Gasteiger partial charge in [0.2, 0.25) is 5.91 Å². The number of carboxylic acid groups (broad SMARTS) is 1. The van der Waals surface area contributed by atoms with E-state index in [4.69, 9.17) is 9.84 Å². The molecule has 1 saturated carbocycles. The molecule has 0 saturated heterocycles. The highest BCUT2D eigenvalue weighted by Crippen LogP contribution is 2.25. The number of ether oxygens (including phenoxy) is 1. The van der Waals surface area contributed by atoms with Crippen LogP contribution in [0.2, 0.25) is 0 Å². The molecule has 1 amide bonds. The van der Waals surface area contributed by atoms with Crippen molar-refractivity contribution in [2.24, 2.45) is 0 Å².